The molecule has 3 aliphatic heterocycles. The second kappa shape index (κ2) is 21.9. The van der Waals surface area contributed by atoms with E-state index in [-0.39, 0.29) is 72.0 Å². The zero-order chi connectivity index (χ0) is 39.0. The first-order chi connectivity index (χ1) is 28.1. The maximum Gasteiger partial charge on any atom is 0.123 e. The predicted molar refractivity (Wildman–Crippen MR) is 226 cm³/mol. The summed E-state index contributed by atoms with van der Waals surface area (Å²) in [6, 6.07) is 58.1. The van der Waals surface area contributed by atoms with E-state index in [1.165, 1.54) is 24.3 Å². The first-order valence-electron chi connectivity index (χ1n) is 18.5. The summed E-state index contributed by atoms with van der Waals surface area (Å²) in [6.45, 7) is 9.03. The van der Waals surface area contributed by atoms with Crippen LogP contribution >= 0.6 is 0 Å². The summed E-state index contributed by atoms with van der Waals surface area (Å²) in [5, 5.41) is 0. The molecule has 0 fully saturated rings. The van der Waals surface area contributed by atoms with E-state index in [2.05, 4.69) is 69.7 Å². The van der Waals surface area contributed by atoms with E-state index in [0.29, 0.717) is 0 Å². The topological polar surface area (TPSA) is 32.3 Å². The molecule has 60 heavy (non-hydrogen) atoms. The van der Waals surface area contributed by atoms with Gasteiger partial charge in [0.25, 0.3) is 0 Å². The van der Waals surface area contributed by atoms with Crippen LogP contribution in [0.1, 0.15) is 6.92 Å². The number of pyridine rings is 1. The summed E-state index contributed by atoms with van der Waals surface area (Å²) < 4.78 is 26.3. The maximum absolute atomic E-state index is 13.2. The van der Waals surface area contributed by atoms with Gasteiger partial charge in [0.15, 0.2) is 0 Å². The second-order valence-corrected chi connectivity index (χ2v) is 12.9. The van der Waals surface area contributed by atoms with Crippen molar-refractivity contribution < 1.29 is 69.1 Å². The Balaban J connectivity index is 0.000000169. The largest absolute Gasteiger partial charge is 0.500 e. The van der Waals surface area contributed by atoms with Crippen molar-refractivity contribution in [2.45, 2.75) is 6.92 Å². The Hall–Kier alpha value is -5.18. The molecule has 0 saturated carbocycles. The molecule has 0 saturated heterocycles. The van der Waals surface area contributed by atoms with Crippen molar-refractivity contribution in [2.24, 2.45) is 0 Å². The number of halogens is 2. The Morgan fingerprint density at radius 1 is 0.500 bits per heavy atom. The number of hydrogen-bond acceptors (Lipinski definition) is 7. The Labute approximate surface area is 391 Å². The first kappa shape index (κ1) is 45.9. The summed E-state index contributed by atoms with van der Waals surface area (Å²) in [4.78, 5) is 16.7. The average molecular weight is 1330 g/mol. The fraction of sp³-hybridized carbons (Fsp3) is 0.0417. The van der Waals surface area contributed by atoms with Gasteiger partial charge in [-0.25, -0.2) is 9.37 Å². The van der Waals surface area contributed by atoms with Gasteiger partial charge < -0.3 is 29.4 Å². The predicted octanol–water partition coefficient (Wildman–Crippen LogP) is 11.5. The summed E-state index contributed by atoms with van der Waals surface area (Å²) in [5.41, 5.74) is 7.86. The molecule has 12 heteroatoms. The molecule has 7 aromatic rings. The van der Waals surface area contributed by atoms with Crippen molar-refractivity contribution in [1.82, 2.24) is 4.98 Å². The number of anilines is 9. The van der Waals surface area contributed by atoms with Gasteiger partial charge in [0.05, 0.1) is 5.69 Å². The quantitative estimate of drug-likeness (QED) is 0.153. The molecule has 0 unspecified atom stereocenters. The van der Waals surface area contributed by atoms with Gasteiger partial charge in [0.1, 0.15) is 11.6 Å². The van der Waals surface area contributed by atoms with Gasteiger partial charge in [-0.15, -0.1) is 48.6 Å². The molecular formula is C48H37F2Ir3N7-6. The fourth-order valence-corrected chi connectivity index (χ4v) is 6.46. The monoisotopic (exact) mass is 1330 g/mol. The molecule has 0 bridgehead atoms. The molecule has 3 aliphatic rings. The zero-order valence-corrected chi connectivity index (χ0v) is 39.3. The molecular weight excluding hydrogens is 1290 g/mol. The van der Waals surface area contributed by atoms with Gasteiger partial charge in [0.2, 0.25) is 0 Å². The minimum atomic E-state index is -0.323. The third-order valence-corrected chi connectivity index (χ3v) is 9.26. The molecule has 4 heterocycles. The molecule has 7 nitrogen and oxygen atoms in total. The van der Waals surface area contributed by atoms with Crippen molar-refractivity contribution >= 4 is 51.3 Å². The molecule has 0 amide bonds. The molecule has 1 aromatic heterocycles. The number of hydrogen-bond donors (Lipinski definition) is 0. The normalized spacial score (nSPS) is 13.1. The van der Waals surface area contributed by atoms with E-state index < -0.39 is 0 Å². The third-order valence-electron chi connectivity index (χ3n) is 9.26. The molecule has 311 valence electrons. The van der Waals surface area contributed by atoms with Gasteiger partial charge in [-0.05, 0) is 86.5 Å². The summed E-state index contributed by atoms with van der Waals surface area (Å²) in [7, 11) is 0. The minimum absolute atomic E-state index is 0. The third kappa shape index (κ3) is 10.6. The van der Waals surface area contributed by atoms with Crippen LogP contribution in [-0.2, 0) is 60.3 Å². The van der Waals surface area contributed by atoms with Gasteiger partial charge in [-0.1, -0.05) is 30.3 Å². The van der Waals surface area contributed by atoms with Crippen molar-refractivity contribution in [1.29, 1.82) is 0 Å². The van der Waals surface area contributed by atoms with E-state index >= 15 is 0 Å². The fourth-order valence-electron chi connectivity index (χ4n) is 6.46. The Kier molecular flexibility index (Phi) is 16.7. The van der Waals surface area contributed by atoms with Crippen molar-refractivity contribution in [2.75, 3.05) is 35.9 Å². The Morgan fingerprint density at radius 3 is 1.73 bits per heavy atom. The van der Waals surface area contributed by atoms with Gasteiger partial charge in [0, 0.05) is 95.1 Å². The molecule has 0 atom stereocenters. The SMILES string of the molecule is CCN1[CH-]N(c2[c-]cccc2)c2cccnc21.Fc1c[c-]c(N2[CH-]N(c3ccc(F)cc3)c3ccccc32)cc1.[Ir].[Ir].[Ir].[c-]1ccccc1N1C=CN(c2ccccc2)[CH-]1. The summed E-state index contributed by atoms with van der Waals surface area (Å²) >= 11 is 0. The molecule has 0 spiro atoms. The van der Waals surface area contributed by atoms with Crippen LogP contribution in [0.15, 0.2) is 176 Å². The minimum Gasteiger partial charge on any atom is -0.500 e. The van der Waals surface area contributed by atoms with Crippen LogP contribution in [0.3, 0.4) is 0 Å². The number of aromatic nitrogens is 1. The van der Waals surface area contributed by atoms with Gasteiger partial charge in [-0.2, -0.15) is 73.4 Å². The maximum atomic E-state index is 13.2. The summed E-state index contributed by atoms with van der Waals surface area (Å²) in [6.07, 6.45) is 5.89. The smallest absolute Gasteiger partial charge is 0.123 e. The second-order valence-electron chi connectivity index (χ2n) is 12.9. The zero-order valence-electron chi connectivity index (χ0n) is 32.1. The number of para-hydroxylation sites is 5. The number of fused-ring (bicyclic) bond motifs is 2. The van der Waals surface area contributed by atoms with Crippen LogP contribution in [0, 0.1) is 49.8 Å². The first-order valence-corrected chi connectivity index (χ1v) is 18.5. The molecule has 0 N–H and O–H groups in total. The van der Waals surface area contributed by atoms with E-state index in [0.717, 1.165) is 57.9 Å². The van der Waals surface area contributed by atoms with E-state index in [1.54, 1.807) is 18.2 Å². The van der Waals surface area contributed by atoms with Crippen molar-refractivity contribution in [3.8, 4) is 0 Å². The van der Waals surface area contributed by atoms with E-state index in [1.807, 2.05) is 144 Å². The molecule has 0 aliphatic carbocycles. The van der Waals surface area contributed by atoms with E-state index in [9.17, 15) is 8.78 Å². The van der Waals surface area contributed by atoms with Crippen molar-refractivity contribution in [3.63, 3.8) is 0 Å². The average Bonchev–Trinajstić information content (AvgIpc) is 4.03. The molecule has 10 rings (SSSR count). The summed E-state index contributed by atoms with van der Waals surface area (Å²) in [5.74, 6) is 0.411. The van der Waals surface area contributed by atoms with Crippen LogP contribution in [0.25, 0.3) is 0 Å². The van der Waals surface area contributed by atoms with Gasteiger partial charge in [-0.3, -0.25) is 4.39 Å². The number of nitrogens with zero attached hydrogens (tertiary/aromatic N) is 7. The van der Waals surface area contributed by atoms with Crippen LogP contribution in [0.2, 0.25) is 0 Å². The standard InChI is InChI=1S/C19H12F2N2.C15H12N2.C14H13N3.3Ir/c20-14-5-9-16(10-6-14)22-13-23(17-11-7-15(21)8-12-17)19-4-2-1-3-18(19)22;1-3-7-14(8-4-1)16-11-12-17(13-16)15-9-5-2-6-10-15;1-2-16-11-17(12-7-4-3-5-8-12)13-9-6-10-15-14(13)16;;;/h1-11,13H;1-9,11-13H;3-7,9-11H,2H2,1H3;;;/q3*-2;;;. The van der Waals surface area contributed by atoms with Gasteiger partial charge >= 0.3 is 0 Å². The number of benzene rings is 6. The van der Waals surface area contributed by atoms with Crippen LogP contribution < -0.4 is 29.4 Å². The Bertz CT molecular complexity index is 2280. The van der Waals surface area contributed by atoms with Crippen LogP contribution in [0.4, 0.5) is 60.1 Å². The van der Waals surface area contributed by atoms with Crippen LogP contribution in [-0.4, -0.2) is 11.5 Å². The molecule has 3 radical (unpaired) electrons. The van der Waals surface area contributed by atoms with Crippen molar-refractivity contribution in [3.05, 3.63) is 226 Å². The Morgan fingerprint density at radius 2 is 1.08 bits per heavy atom. The van der Waals surface area contributed by atoms with Crippen LogP contribution in [0.5, 0.6) is 0 Å². The number of rotatable bonds is 6. The molecule has 6 aromatic carbocycles. The van der Waals surface area contributed by atoms with E-state index in [4.69, 9.17) is 0 Å².